The maximum absolute atomic E-state index is 12.1. The molecule has 0 radical (unpaired) electrons. The van der Waals surface area contributed by atoms with Gasteiger partial charge in [-0.15, -0.1) is 0 Å². The summed E-state index contributed by atoms with van der Waals surface area (Å²) in [7, 11) is 2.92. The smallest absolute Gasteiger partial charge is 0.273 e. The maximum Gasteiger partial charge on any atom is 0.273 e. The number of likely N-dealkylation sites (N-methyl/N-ethyl adjacent to an activating group) is 1. The van der Waals surface area contributed by atoms with Crippen LogP contribution in [-0.2, 0) is 16.2 Å². The van der Waals surface area contributed by atoms with E-state index in [9.17, 15) is 4.79 Å². The van der Waals surface area contributed by atoms with E-state index in [1.807, 2.05) is 36.4 Å². The minimum Gasteiger partial charge on any atom is -0.488 e. The molecule has 2 rings (SSSR count). The summed E-state index contributed by atoms with van der Waals surface area (Å²) in [4.78, 5) is 16.9. The van der Waals surface area contributed by atoms with Crippen molar-refractivity contribution in [1.82, 2.24) is 5.32 Å². The molecule has 0 spiro atoms. The zero-order valence-electron chi connectivity index (χ0n) is 14.6. The van der Waals surface area contributed by atoms with E-state index in [1.54, 1.807) is 12.1 Å². The molecule has 1 amide bonds. The fourth-order valence-electron chi connectivity index (χ4n) is 2.32. The summed E-state index contributed by atoms with van der Waals surface area (Å²) >= 11 is 15.0. The monoisotopic (exact) mass is 470 g/mol. The van der Waals surface area contributed by atoms with Crippen LogP contribution in [-0.4, -0.2) is 25.8 Å². The van der Waals surface area contributed by atoms with Crippen molar-refractivity contribution in [2.45, 2.75) is 6.61 Å². The number of rotatable bonds is 7. The molecule has 0 saturated heterocycles. The second-order valence-electron chi connectivity index (χ2n) is 5.24. The van der Waals surface area contributed by atoms with Crippen LogP contribution in [0.3, 0.4) is 0 Å². The van der Waals surface area contributed by atoms with Gasteiger partial charge in [-0.3, -0.25) is 4.79 Å². The van der Waals surface area contributed by atoms with Gasteiger partial charge in [-0.1, -0.05) is 64.8 Å². The average Bonchev–Trinajstić information content (AvgIpc) is 2.66. The van der Waals surface area contributed by atoms with E-state index in [-0.39, 0.29) is 22.7 Å². The van der Waals surface area contributed by atoms with E-state index in [1.165, 1.54) is 14.2 Å². The molecule has 2 aromatic carbocycles. The number of carbonyl (C=O) groups excluding carboxylic acids is 1. The predicted molar refractivity (Wildman–Crippen MR) is 112 cm³/mol. The number of benzene rings is 2. The largest absolute Gasteiger partial charge is 0.488 e. The summed E-state index contributed by atoms with van der Waals surface area (Å²) in [6.07, 6.45) is 1.61. The van der Waals surface area contributed by atoms with E-state index < -0.39 is 0 Å². The molecule has 5 nitrogen and oxygen atoms in total. The predicted octanol–water partition coefficient (Wildman–Crippen LogP) is 4.90. The lowest BCUT2D eigenvalue weighted by molar-refractivity contribution is -0.114. The van der Waals surface area contributed by atoms with Gasteiger partial charge in [0.15, 0.2) is 5.71 Å². The first kappa shape index (κ1) is 21.3. The van der Waals surface area contributed by atoms with Crippen molar-refractivity contribution in [3.8, 4) is 5.75 Å². The molecule has 0 heterocycles. The summed E-state index contributed by atoms with van der Waals surface area (Å²) in [5.41, 5.74) is 2.35. The Morgan fingerprint density at radius 3 is 2.63 bits per heavy atom. The fourth-order valence-corrected chi connectivity index (χ4v) is 3.05. The molecule has 0 fully saturated rings. The Hall–Kier alpha value is -2.02. The van der Waals surface area contributed by atoms with Crippen molar-refractivity contribution in [1.29, 1.82) is 0 Å². The molecule has 0 saturated carbocycles. The molecule has 0 aromatic heterocycles. The average molecular weight is 472 g/mol. The molecular formula is C19H17BrCl2N2O3. The second-order valence-corrected chi connectivity index (χ2v) is 7.04. The quantitative estimate of drug-likeness (QED) is 0.461. The first-order valence-electron chi connectivity index (χ1n) is 7.83. The normalized spacial score (nSPS) is 10.9. The Labute approximate surface area is 176 Å². The number of nitrogens with zero attached hydrogens (tertiary/aromatic N) is 1. The van der Waals surface area contributed by atoms with Gasteiger partial charge in [0.1, 0.15) is 24.0 Å². The molecule has 142 valence electrons. The molecule has 0 atom stereocenters. The minimum absolute atomic E-state index is 0.143. The Bertz CT molecular complexity index is 881. The number of ether oxygens (including phenoxy) is 1. The summed E-state index contributed by atoms with van der Waals surface area (Å²) < 4.78 is 6.80. The van der Waals surface area contributed by atoms with Crippen molar-refractivity contribution >= 4 is 56.8 Å². The second kappa shape index (κ2) is 10.3. The molecule has 2 aromatic rings. The highest BCUT2D eigenvalue weighted by molar-refractivity contribution is 9.10. The van der Waals surface area contributed by atoms with Gasteiger partial charge in [0.25, 0.3) is 5.91 Å². The molecule has 1 N–H and O–H groups in total. The van der Waals surface area contributed by atoms with Gasteiger partial charge < -0.3 is 14.9 Å². The van der Waals surface area contributed by atoms with Crippen LogP contribution in [0.4, 0.5) is 0 Å². The summed E-state index contributed by atoms with van der Waals surface area (Å²) in [5.74, 6) is 0.257. The van der Waals surface area contributed by atoms with Crippen molar-refractivity contribution in [3.05, 3.63) is 68.1 Å². The highest BCUT2D eigenvalue weighted by Gasteiger charge is 2.17. The van der Waals surface area contributed by atoms with Crippen molar-refractivity contribution in [3.63, 3.8) is 0 Å². The molecule has 0 aliphatic heterocycles. The molecule has 0 unspecified atom stereocenters. The SMILES string of the molecule is CNC(=O)/C(=N\OC)c1ccccc1COc1cccc(C=C(Cl)Cl)c1Br. The third kappa shape index (κ3) is 5.73. The fraction of sp³-hybridized carbons (Fsp3) is 0.158. The lowest BCUT2D eigenvalue weighted by atomic mass is 10.0. The van der Waals surface area contributed by atoms with Gasteiger partial charge in [0, 0.05) is 12.6 Å². The van der Waals surface area contributed by atoms with Crippen LogP contribution in [0.1, 0.15) is 16.7 Å². The van der Waals surface area contributed by atoms with Crippen LogP contribution in [0.25, 0.3) is 6.08 Å². The number of oxime groups is 1. The standard InChI is InChI=1S/C19H17BrCl2N2O3/c1-23-19(25)18(24-26-2)14-8-4-3-6-13(14)11-27-15-9-5-7-12(17(15)20)10-16(21)22/h3-10H,11H2,1-2H3,(H,23,25)/b24-18-. The summed E-state index contributed by atoms with van der Waals surface area (Å²) in [5, 5.41) is 6.40. The highest BCUT2D eigenvalue weighted by atomic mass is 79.9. The number of nitrogens with one attached hydrogen (secondary N) is 1. The van der Waals surface area contributed by atoms with Crippen LogP contribution < -0.4 is 10.1 Å². The molecule has 0 aliphatic rings. The third-order valence-electron chi connectivity index (χ3n) is 3.54. The Morgan fingerprint density at radius 1 is 1.22 bits per heavy atom. The van der Waals surface area contributed by atoms with Crippen LogP contribution in [0.2, 0.25) is 0 Å². The Morgan fingerprint density at radius 2 is 1.96 bits per heavy atom. The Balaban J connectivity index is 2.32. The number of carbonyl (C=O) groups is 1. The van der Waals surface area contributed by atoms with E-state index in [2.05, 4.69) is 26.4 Å². The van der Waals surface area contributed by atoms with E-state index in [4.69, 9.17) is 32.8 Å². The first-order chi connectivity index (χ1) is 13.0. The number of halogens is 3. The summed E-state index contributed by atoms with van der Waals surface area (Å²) in [6, 6.07) is 12.8. The van der Waals surface area contributed by atoms with Gasteiger partial charge in [-0.25, -0.2) is 0 Å². The van der Waals surface area contributed by atoms with Crippen molar-refractivity contribution in [2.75, 3.05) is 14.2 Å². The molecule has 27 heavy (non-hydrogen) atoms. The molecule has 8 heteroatoms. The van der Waals surface area contributed by atoms with Gasteiger partial charge in [-0.2, -0.15) is 0 Å². The molecular weight excluding hydrogens is 455 g/mol. The minimum atomic E-state index is -0.352. The van der Waals surface area contributed by atoms with Gasteiger partial charge >= 0.3 is 0 Å². The van der Waals surface area contributed by atoms with Crippen LogP contribution in [0.15, 0.2) is 56.6 Å². The van der Waals surface area contributed by atoms with Crippen LogP contribution in [0, 0.1) is 0 Å². The topological polar surface area (TPSA) is 59.9 Å². The highest BCUT2D eigenvalue weighted by Crippen LogP contribution is 2.32. The lowest BCUT2D eigenvalue weighted by Crippen LogP contribution is -2.29. The Kier molecular flexibility index (Phi) is 8.16. The number of amides is 1. The number of hydrogen-bond acceptors (Lipinski definition) is 4. The zero-order chi connectivity index (χ0) is 19.8. The van der Waals surface area contributed by atoms with Crippen LogP contribution >= 0.6 is 39.1 Å². The van der Waals surface area contributed by atoms with Gasteiger partial charge in [0.05, 0.1) is 4.47 Å². The van der Waals surface area contributed by atoms with E-state index >= 15 is 0 Å². The van der Waals surface area contributed by atoms with Crippen LogP contribution in [0.5, 0.6) is 5.75 Å². The van der Waals surface area contributed by atoms with Crippen molar-refractivity contribution in [2.24, 2.45) is 5.16 Å². The molecule has 0 aliphatic carbocycles. The van der Waals surface area contributed by atoms with E-state index in [0.717, 1.165) is 15.6 Å². The maximum atomic E-state index is 12.1. The lowest BCUT2D eigenvalue weighted by Gasteiger charge is -2.13. The molecule has 0 bridgehead atoms. The van der Waals surface area contributed by atoms with Gasteiger partial charge in [-0.05, 0) is 39.2 Å². The first-order valence-corrected chi connectivity index (χ1v) is 9.38. The number of hydrogen-bond donors (Lipinski definition) is 1. The third-order valence-corrected chi connectivity index (χ3v) is 4.60. The van der Waals surface area contributed by atoms with Gasteiger partial charge in [0.2, 0.25) is 0 Å². The summed E-state index contributed by atoms with van der Waals surface area (Å²) in [6.45, 7) is 0.219. The van der Waals surface area contributed by atoms with Crippen molar-refractivity contribution < 1.29 is 14.4 Å². The zero-order valence-corrected chi connectivity index (χ0v) is 17.7. The van der Waals surface area contributed by atoms with E-state index in [0.29, 0.717) is 11.3 Å².